The van der Waals surface area contributed by atoms with Gasteiger partial charge in [-0.2, -0.15) is 4.39 Å². The number of hydrogen-bond acceptors (Lipinski definition) is 4. The molecule has 0 radical (unpaired) electrons. The molecule has 1 heterocycles. The third-order valence-electron chi connectivity index (χ3n) is 2.81. The van der Waals surface area contributed by atoms with Crippen LogP contribution in [0.4, 0.5) is 10.1 Å². The Bertz CT molecular complexity index is 784. The standard InChI is InChI=1S/C13H9FN2O5/c14-10-6-8(3-4-11(10)16(20)21)7-15-5-1-2-9(12(15)17)13(18)19/h1-6H,7H2,(H,18,19). The van der Waals surface area contributed by atoms with Gasteiger partial charge >= 0.3 is 11.7 Å². The second-order valence-corrected chi connectivity index (χ2v) is 4.20. The van der Waals surface area contributed by atoms with E-state index in [0.29, 0.717) is 5.56 Å². The number of carboxylic acids is 1. The summed E-state index contributed by atoms with van der Waals surface area (Å²) in [5.41, 5.74) is -1.49. The van der Waals surface area contributed by atoms with Gasteiger partial charge < -0.3 is 9.67 Å². The second-order valence-electron chi connectivity index (χ2n) is 4.20. The highest BCUT2D eigenvalue weighted by atomic mass is 19.1. The molecule has 0 spiro atoms. The first-order chi connectivity index (χ1) is 9.90. The van der Waals surface area contributed by atoms with E-state index in [9.17, 15) is 24.1 Å². The van der Waals surface area contributed by atoms with Crippen LogP contribution in [-0.2, 0) is 6.54 Å². The van der Waals surface area contributed by atoms with Crippen molar-refractivity contribution in [2.75, 3.05) is 0 Å². The Balaban J connectivity index is 2.37. The van der Waals surface area contributed by atoms with Crippen LogP contribution in [0.25, 0.3) is 0 Å². The largest absolute Gasteiger partial charge is 0.477 e. The van der Waals surface area contributed by atoms with Crippen LogP contribution >= 0.6 is 0 Å². The third-order valence-corrected chi connectivity index (χ3v) is 2.81. The summed E-state index contributed by atoms with van der Waals surface area (Å²) in [7, 11) is 0. The topological polar surface area (TPSA) is 102 Å². The molecule has 2 rings (SSSR count). The van der Waals surface area contributed by atoms with Crippen molar-refractivity contribution in [1.82, 2.24) is 4.57 Å². The van der Waals surface area contributed by atoms with Crippen molar-refractivity contribution in [2.24, 2.45) is 0 Å². The Hall–Kier alpha value is -3.03. The van der Waals surface area contributed by atoms with Crippen molar-refractivity contribution < 1.29 is 19.2 Å². The number of hydrogen-bond donors (Lipinski definition) is 1. The molecule has 1 aromatic carbocycles. The molecule has 0 bridgehead atoms. The van der Waals surface area contributed by atoms with Crippen LogP contribution in [0.3, 0.4) is 0 Å². The number of pyridine rings is 1. The molecule has 0 aliphatic carbocycles. The Labute approximate surface area is 117 Å². The number of rotatable bonds is 4. The molecular weight excluding hydrogens is 283 g/mol. The van der Waals surface area contributed by atoms with E-state index in [1.54, 1.807) is 0 Å². The number of carbonyl (C=O) groups is 1. The van der Waals surface area contributed by atoms with E-state index in [4.69, 9.17) is 5.11 Å². The quantitative estimate of drug-likeness (QED) is 0.681. The molecule has 0 unspecified atom stereocenters. The van der Waals surface area contributed by atoms with Crippen LogP contribution in [0.1, 0.15) is 15.9 Å². The van der Waals surface area contributed by atoms with Crippen LogP contribution in [0, 0.1) is 15.9 Å². The Morgan fingerprint density at radius 2 is 2.10 bits per heavy atom. The zero-order chi connectivity index (χ0) is 15.6. The number of nitrogens with zero attached hydrogens (tertiary/aromatic N) is 2. The first-order valence-corrected chi connectivity index (χ1v) is 5.75. The lowest BCUT2D eigenvalue weighted by Gasteiger charge is -2.07. The van der Waals surface area contributed by atoms with Gasteiger partial charge in [0.25, 0.3) is 5.56 Å². The summed E-state index contributed by atoms with van der Waals surface area (Å²) in [5, 5.41) is 19.4. The second kappa shape index (κ2) is 5.53. The molecule has 0 amide bonds. The summed E-state index contributed by atoms with van der Waals surface area (Å²) in [6.45, 7) is -0.0884. The van der Waals surface area contributed by atoms with E-state index in [-0.39, 0.29) is 6.54 Å². The van der Waals surface area contributed by atoms with E-state index < -0.39 is 33.5 Å². The van der Waals surface area contributed by atoms with Gasteiger partial charge in [0.15, 0.2) is 0 Å². The van der Waals surface area contributed by atoms with Crippen molar-refractivity contribution in [3.8, 4) is 0 Å². The summed E-state index contributed by atoms with van der Waals surface area (Å²) in [6.07, 6.45) is 1.36. The van der Waals surface area contributed by atoms with Crippen molar-refractivity contribution in [1.29, 1.82) is 0 Å². The van der Waals surface area contributed by atoms with Crippen molar-refractivity contribution in [3.05, 3.63) is 73.9 Å². The summed E-state index contributed by atoms with van der Waals surface area (Å²) < 4.78 is 14.6. The van der Waals surface area contributed by atoms with E-state index in [1.165, 1.54) is 18.3 Å². The van der Waals surface area contributed by atoms with Crippen LogP contribution in [0.2, 0.25) is 0 Å². The normalized spacial score (nSPS) is 10.3. The lowest BCUT2D eigenvalue weighted by Crippen LogP contribution is -2.26. The molecule has 2 aromatic rings. The Kier molecular flexibility index (Phi) is 3.79. The number of carboxylic acid groups (broad SMARTS) is 1. The molecule has 0 aliphatic rings. The van der Waals surface area contributed by atoms with E-state index in [2.05, 4.69) is 0 Å². The van der Waals surface area contributed by atoms with Gasteiger partial charge in [0.05, 0.1) is 11.5 Å². The van der Waals surface area contributed by atoms with Gasteiger partial charge in [-0.05, 0) is 23.8 Å². The fourth-order valence-corrected chi connectivity index (χ4v) is 1.82. The number of aromatic nitrogens is 1. The van der Waals surface area contributed by atoms with Gasteiger partial charge in [-0.25, -0.2) is 4.79 Å². The fraction of sp³-hybridized carbons (Fsp3) is 0.0769. The highest BCUT2D eigenvalue weighted by Gasteiger charge is 2.15. The maximum absolute atomic E-state index is 13.5. The van der Waals surface area contributed by atoms with Gasteiger partial charge in [-0.1, -0.05) is 6.07 Å². The van der Waals surface area contributed by atoms with Crippen LogP contribution < -0.4 is 5.56 Å². The number of nitro benzene ring substituents is 1. The highest BCUT2D eigenvalue weighted by molar-refractivity contribution is 5.86. The van der Waals surface area contributed by atoms with Crippen molar-refractivity contribution >= 4 is 11.7 Å². The lowest BCUT2D eigenvalue weighted by atomic mass is 10.2. The number of aromatic carboxylic acids is 1. The van der Waals surface area contributed by atoms with Gasteiger partial charge in [0, 0.05) is 12.3 Å². The SMILES string of the molecule is O=C(O)c1cccn(Cc2ccc([N+](=O)[O-])c(F)c2)c1=O. The number of benzene rings is 1. The predicted molar refractivity (Wildman–Crippen MR) is 69.8 cm³/mol. The summed E-state index contributed by atoms with van der Waals surface area (Å²) in [6, 6.07) is 5.79. The van der Waals surface area contributed by atoms with Crippen molar-refractivity contribution in [2.45, 2.75) is 6.54 Å². The molecule has 0 aliphatic heterocycles. The van der Waals surface area contributed by atoms with E-state index in [1.807, 2.05) is 0 Å². The average Bonchev–Trinajstić information content (AvgIpc) is 2.40. The smallest absolute Gasteiger partial charge is 0.341 e. The summed E-state index contributed by atoms with van der Waals surface area (Å²) in [4.78, 5) is 32.4. The van der Waals surface area contributed by atoms with Crippen LogP contribution in [0.15, 0.2) is 41.3 Å². The molecule has 0 fully saturated rings. The van der Waals surface area contributed by atoms with Crippen LogP contribution in [0.5, 0.6) is 0 Å². The Morgan fingerprint density at radius 3 is 2.67 bits per heavy atom. The molecule has 1 aromatic heterocycles. The van der Waals surface area contributed by atoms with Gasteiger partial charge in [0.2, 0.25) is 5.82 Å². The average molecular weight is 292 g/mol. The third kappa shape index (κ3) is 2.94. The number of nitro groups is 1. The van der Waals surface area contributed by atoms with Gasteiger partial charge in [-0.15, -0.1) is 0 Å². The maximum Gasteiger partial charge on any atom is 0.341 e. The first-order valence-electron chi connectivity index (χ1n) is 5.75. The zero-order valence-corrected chi connectivity index (χ0v) is 10.5. The fourth-order valence-electron chi connectivity index (χ4n) is 1.82. The summed E-state index contributed by atoms with van der Waals surface area (Å²) in [5.74, 6) is -2.37. The molecule has 7 nitrogen and oxygen atoms in total. The minimum absolute atomic E-state index is 0.0884. The predicted octanol–water partition coefficient (Wildman–Crippen LogP) is 1.64. The highest BCUT2D eigenvalue weighted by Crippen LogP contribution is 2.18. The zero-order valence-electron chi connectivity index (χ0n) is 10.5. The van der Waals surface area contributed by atoms with Gasteiger partial charge in [0.1, 0.15) is 5.56 Å². The van der Waals surface area contributed by atoms with Crippen molar-refractivity contribution in [3.63, 3.8) is 0 Å². The first kappa shape index (κ1) is 14.4. The maximum atomic E-state index is 13.5. The molecule has 1 N–H and O–H groups in total. The molecule has 8 heteroatoms. The Morgan fingerprint density at radius 1 is 1.38 bits per heavy atom. The molecule has 108 valence electrons. The molecule has 21 heavy (non-hydrogen) atoms. The van der Waals surface area contributed by atoms with Crippen LogP contribution in [-0.4, -0.2) is 20.6 Å². The molecule has 0 atom stereocenters. The molecule has 0 saturated heterocycles. The lowest BCUT2D eigenvalue weighted by molar-refractivity contribution is -0.387. The minimum Gasteiger partial charge on any atom is -0.477 e. The minimum atomic E-state index is -1.36. The van der Waals surface area contributed by atoms with Gasteiger partial charge in [-0.3, -0.25) is 14.9 Å². The number of halogens is 1. The van der Waals surface area contributed by atoms with E-state index in [0.717, 1.165) is 22.8 Å². The monoisotopic (exact) mass is 292 g/mol. The molecular formula is C13H9FN2O5. The van der Waals surface area contributed by atoms with E-state index >= 15 is 0 Å². The summed E-state index contributed by atoms with van der Waals surface area (Å²) >= 11 is 0. The molecule has 0 saturated carbocycles.